The third-order valence-electron chi connectivity index (χ3n) is 3.46. The van der Waals surface area contributed by atoms with Crippen molar-refractivity contribution in [3.8, 4) is 17.6 Å². The Morgan fingerprint density at radius 2 is 1.42 bits per heavy atom. The van der Waals surface area contributed by atoms with E-state index >= 15 is 0 Å². The van der Waals surface area contributed by atoms with Gasteiger partial charge in [-0.1, -0.05) is 66.6 Å². The molecule has 0 atom stereocenters. The molecule has 0 aromatic heterocycles. The van der Waals surface area contributed by atoms with Crippen LogP contribution in [0.3, 0.4) is 0 Å². The number of para-hydroxylation sites is 1. The van der Waals surface area contributed by atoms with E-state index in [1.54, 1.807) is 12.1 Å². The summed E-state index contributed by atoms with van der Waals surface area (Å²) in [5.41, 5.74) is 2.47. The lowest BCUT2D eigenvalue weighted by Crippen LogP contribution is -1.95. The number of benzene rings is 3. The fourth-order valence-corrected chi connectivity index (χ4v) is 2.16. The van der Waals surface area contributed by atoms with Gasteiger partial charge in [-0.05, 0) is 35.7 Å². The molecule has 0 aliphatic heterocycles. The quantitative estimate of drug-likeness (QED) is 0.524. The van der Waals surface area contributed by atoms with Crippen LogP contribution < -0.4 is 4.74 Å². The largest absolute Gasteiger partial charge is 0.489 e. The molecule has 0 spiro atoms. The number of carbonyl (C=O) groups excluding carboxylic acids is 1. The molecule has 0 radical (unpaired) electrons. The number of ketones is 1. The van der Waals surface area contributed by atoms with Crippen molar-refractivity contribution in [1.29, 1.82) is 0 Å². The smallest absolute Gasteiger partial charge is 0.236 e. The van der Waals surface area contributed by atoms with E-state index in [1.165, 1.54) is 0 Å². The van der Waals surface area contributed by atoms with Gasteiger partial charge in [0.05, 0.1) is 0 Å². The lowest BCUT2D eigenvalue weighted by Gasteiger charge is -2.05. The maximum Gasteiger partial charge on any atom is 0.236 e. The Balaban J connectivity index is 1.61. The molecular weight excluding hydrogens is 296 g/mol. The van der Waals surface area contributed by atoms with Crippen molar-refractivity contribution in [3.05, 3.63) is 102 Å². The summed E-state index contributed by atoms with van der Waals surface area (Å²) in [5.74, 6) is 6.24. The second-order valence-corrected chi connectivity index (χ2v) is 5.24. The first-order chi connectivity index (χ1) is 11.8. The standard InChI is InChI=1S/C22H16O2/c23-22(20-7-3-1-4-8-20)16-15-18-11-13-19(14-12-18)17-24-21-9-5-2-6-10-21/h1-14H,17H2. The van der Waals surface area contributed by atoms with Crippen LogP contribution in [0.15, 0.2) is 84.9 Å². The summed E-state index contributed by atoms with van der Waals surface area (Å²) < 4.78 is 5.70. The summed E-state index contributed by atoms with van der Waals surface area (Å²) in [6, 6.07) is 26.5. The SMILES string of the molecule is O=C(C#Cc1ccc(COc2ccccc2)cc1)c1ccccc1. The van der Waals surface area contributed by atoms with Crippen molar-refractivity contribution in [3.63, 3.8) is 0 Å². The van der Waals surface area contributed by atoms with Crippen LogP contribution >= 0.6 is 0 Å². The Hall–Kier alpha value is -3.31. The van der Waals surface area contributed by atoms with Gasteiger partial charge in [0.25, 0.3) is 0 Å². The summed E-state index contributed by atoms with van der Waals surface area (Å²) in [4.78, 5) is 12.0. The monoisotopic (exact) mass is 312 g/mol. The van der Waals surface area contributed by atoms with Gasteiger partial charge in [-0.3, -0.25) is 4.79 Å². The van der Waals surface area contributed by atoms with Gasteiger partial charge in [-0.2, -0.15) is 0 Å². The van der Waals surface area contributed by atoms with Crippen molar-refractivity contribution < 1.29 is 9.53 Å². The van der Waals surface area contributed by atoms with Gasteiger partial charge >= 0.3 is 0 Å². The van der Waals surface area contributed by atoms with Crippen LogP contribution in [-0.2, 0) is 6.61 Å². The first-order valence-electron chi connectivity index (χ1n) is 7.69. The molecule has 0 saturated carbocycles. The Kier molecular flexibility index (Phi) is 5.07. The van der Waals surface area contributed by atoms with E-state index in [4.69, 9.17) is 4.74 Å². The minimum absolute atomic E-state index is 0.174. The Labute approximate surface area is 141 Å². The normalized spacial score (nSPS) is 9.67. The zero-order valence-electron chi connectivity index (χ0n) is 13.1. The molecule has 0 N–H and O–H groups in total. The highest BCUT2D eigenvalue weighted by molar-refractivity contribution is 6.09. The van der Waals surface area contributed by atoms with Gasteiger partial charge in [0.1, 0.15) is 12.4 Å². The van der Waals surface area contributed by atoms with Crippen LogP contribution in [0.25, 0.3) is 0 Å². The van der Waals surface area contributed by atoms with Gasteiger partial charge in [-0.25, -0.2) is 0 Å². The van der Waals surface area contributed by atoms with E-state index in [-0.39, 0.29) is 5.78 Å². The number of hydrogen-bond donors (Lipinski definition) is 0. The van der Waals surface area contributed by atoms with E-state index in [0.29, 0.717) is 12.2 Å². The van der Waals surface area contributed by atoms with E-state index < -0.39 is 0 Å². The average Bonchev–Trinajstić information content (AvgIpc) is 2.67. The van der Waals surface area contributed by atoms with Gasteiger partial charge in [0, 0.05) is 11.1 Å². The minimum atomic E-state index is -0.174. The van der Waals surface area contributed by atoms with Crippen molar-refractivity contribution >= 4 is 5.78 Å². The van der Waals surface area contributed by atoms with Gasteiger partial charge in [0.2, 0.25) is 5.78 Å². The minimum Gasteiger partial charge on any atom is -0.489 e. The Morgan fingerprint density at radius 1 is 0.792 bits per heavy atom. The number of Topliss-reactive ketones (excluding diaryl/α,β-unsaturated/α-hetero) is 1. The molecule has 0 aliphatic rings. The molecule has 2 nitrogen and oxygen atoms in total. The fourth-order valence-electron chi connectivity index (χ4n) is 2.16. The van der Waals surface area contributed by atoms with Crippen LogP contribution in [-0.4, -0.2) is 5.78 Å². The average molecular weight is 312 g/mol. The molecule has 0 bridgehead atoms. The van der Waals surface area contributed by atoms with Gasteiger partial charge in [0.15, 0.2) is 0 Å². The van der Waals surface area contributed by atoms with Crippen LogP contribution in [0.2, 0.25) is 0 Å². The van der Waals surface area contributed by atoms with Crippen molar-refractivity contribution in [2.75, 3.05) is 0 Å². The summed E-state index contributed by atoms with van der Waals surface area (Å²) in [7, 11) is 0. The van der Waals surface area contributed by atoms with E-state index in [9.17, 15) is 4.79 Å². The highest BCUT2D eigenvalue weighted by Gasteiger charge is 2.00. The third-order valence-corrected chi connectivity index (χ3v) is 3.46. The maximum absolute atomic E-state index is 12.0. The highest BCUT2D eigenvalue weighted by atomic mass is 16.5. The summed E-state index contributed by atoms with van der Waals surface area (Å²) >= 11 is 0. The van der Waals surface area contributed by atoms with Crippen molar-refractivity contribution in [1.82, 2.24) is 0 Å². The van der Waals surface area contributed by atoms with E-state index in [2.05, 4.69) is 11.8 Å². The molecule has 0 aliphatic carbocycles. The molecular formula is C22H16O2. The van der Waals surface area contributed by atoms with E-state index in [0.717, 1.165) is 16.9 Å². The Morgan fingerprint density at radius 3 is 2.08 bits per heavy atom. The molecule has 0 heterocycles. The lowest BCUT2D eigenvalue weighted by molar-refractivity contribution is 0.105. The molecule has 0 unspecified atom stereocenters. The zero-order chi connectivity index (χ0) is 16.6. The van der Waals surface area contributed by atoms with Crippen LogP contribution in [0.1, 0.15) is 21.5 Å². The number of carbonyl (C=O) groups is 1. The van der Waals surface area contributed by atoms with Gasteiger partial charge in [-0.15, -0.1) is 0 Å². The van der Waals surface area contributed by atoms with Crippen LogP contribution in [0, 0.1) is 11.8 Å². The molecule has 116 valence electrons. The summed E-state index contributed by atoms with van der Waals surface area (Å²) in [5, 5.41) is 0. The molecule has 0 amide bonds. The van der Waals surface area contributed by atoms with Crippen molar-refractivity contribution in [2.45, 2.75) is 6.61 Å². The molecule has 3 rings (SSSR count). The highest BCUT2D eigenvalue weighted by Crippen LogP contribution is 2.12. The molecule has 0 fully saturated rings. The lowest BCUT2D eigenvalue weighted by atomic mass is 10.1. The molecule has 24 heavy (non-hydrogen) atoms. The number of hydrogen-bond acceptors (Lipinski definition) is 2. The molecule has 3 aromatic carbocycles. The Bertz CT molecular complexity index is 855. The van der Waals surface area contributed by atoms with E-state index in [1.807, 2.05) is 72.8 Å². The maximum atomic E-state index is 12.0. The second-order valence-electron chi connectivity index (χ2n) is 5.24. The number of ether oxygens (including phenoxy) is 1. The molecule has 2 heteroatoms. The zero-order valence-corrected chi connectivity index (χ0v) is 13.1. The predicted molar refractivity (Wildman–Crippen MR) is 94.9 cm³/mol. The summed E-state index contributed by atoms with van der Waals surface area (Å²) in [6.07, 6.45) is 0. The number of rotatable bonds is 4. The van der Waals surface area contributed by atoms with Gasteiger partial charge < -0.3 is 4.74 Å². The van der Waals surface area contributed by atoms with Crippen molar-refractivity contribution in [2.24, 2.45) is 0 Å². The first kappa shape index (κ1) is 15.6. The summed E-state index contributed by atoms with van der Waals surface area (Å²) in [6.45, 7) is 0.501. The third kappa shape index (κ3) is 4.34. The fraction of sp³-hybridized carbons (Fsp3) is 0.0455. The second kappa shape index (κ2) is 7.80. The molecule has 3 aromatic rings. The topological polar surface area (TPSA) is 26.3 Å². The predicted octanol–water partition coefficient (Wildman–Crippen LogP) is 4.50. The van der Waals surface area contributed by atoms with Crippen LogP contribution in [0.4, 0.5) is 0 Å². The molecule has 0 saturated heterocycles. The van der Waals surface area contributed by atoms with Crippen LogP contribution in [0.5, 0.6) is 5.75 Å². The first-order valence-corrected chi connectivity index (χ1v) is 7.69.